The smallest absolute Gasteiger partial charge is 0.133 e. The Morgan fingerprint density at radius 3 is 2.29 bits per heavy atom. The number of halogens is 1. The van der Waals surface area contributed by atoms with Gasteiger partial charge in [0, 0.05) is 25.2 Å². The fourth-order valence-electron chi connectivity index (χ4n) is 4.06. The second-order valence-corrected chi connectivity index (χ2v) is 8.91. The first-order valence-electron chi connectivity index (χ1n) is 12.0. The highest BCUT2D eigenvalue weighted by Gasteiger charge is 2.29. The van der Waals surface area contributed by atoms with E-state index in [1.807, 2.05) is 0 Å². The Morgan fingerprint density at radius 2 is 1.82 bits per heavy atom. The van der Waals surface area contributed by atoms with Gasteiger partial charge in [-0.1, -0.05) is 48.5 Å². The van der Waals surface area contributed by atoms with Crippen molar-refractivity contribution in [1.82, 2.24) is 15.1 Å². The number of hydrogen-bond donors (Lipinski definition) is 1. The molecule has 2 aliphatic rings. The average molecular weight is 489 g/mol. The van der Waals surface area contributed by atoms with Gasteiger partial charge in [-0.15, -0.1) is 0 Å². The molecule has 0 bridgehead atoms. The lowest BCUT2D eigenvalue weighted by atomic mass is 9.89. The van der Waals surface area contributed by atoms with Gasteiger partial charge in [-0.05, 0) is 77.5 Å². The third kappa shape index (κ3) is 11.8. The molecule has 0 spiro atoms. The van der Waals surface area contributed by atoms with Crippen LogP contribution in [0.4, 0.5) is 0 Å². The van der Waals surface area contributed by atoms with Gasteiger partial charge in [0.05, 0.1) is 17.3 Å². The fourth-order valence-corrected chi connectivity index (χ4v) is 4.11. The minimum atomic E-state index is 0.318. The van der Waals surface area contributed by atoms with Crippen LogP contribution in [-0.4, -0.2) is 81.4 Å². The zero-order chi connectivity index (χ0) is 25.2. The number of benzene rings is 1. The topological polar surface area (TPSA) is 65.0 Å². The van der Waals surface area contributed by atoms with E-state index in [1.54, 1.807) is 19.5 Å². The van der Waals surface area contributed by atoms with Gasteiger partial charge in [-0.2, -0.15) is 0 Å². The molecule has 6 nitrogen and oxygen atoms in total. The molecule has 1 N–H and O–H groups in total. The Morgan fingerprint density at radius 1 is 1.15 bits per heavy atom. The number of piperidine rings is 1. The first kappa shape index (κ1) is 29.9. The Bertz CT molecular complexity index is 774. The van der Waals surface area contributed by atoms with Crippen LogP contribution < -0.4 is 5.32 Å². The molecule has 0 saturated carbocycles. The molecule has 7 heteroatoms. The molecule has 1 aromatic rings. The Hall–Kier alpha value is -2.12. The first-order chi connectivity index (χ1) is 16.5. The van der Waals surface area contributed by atoms with Crippen LogP contribution in [0.25, 0.3) is 0 Å². The molecule has 2 saturated heterocycles. The van der Waals surface area contributed by atoms with E-state index in [9.17, 15) is 9.59 Å². The van der Waals surface area contributed by atoms with Crippen LogP contribution in [0, 0.1) is 0 Å². The minimum Gasteiger partial charge on any atom is -0.313 e. The number of likely N-dealkylation sites (tertiary alicyclic amines) is 2. The minimum absolute atomic E-state index is 0.318. The summed E-state index contributed by atoms with van der Waals surface area (Å²) in [5.41, 5.74) is 2.21. The van der Waals surface area contributed by atoms with Crippen LogP contribution in [0.2, 0.25) is 0 Å². The van der Waals surface area contributed by atoms with Gasteiger partial charge in [0.25, 0.3) is 0 Å². The summed E-state index contributed by atoms with van der Waals surface area (Å²) in [6.45, 7) is 10.8. The van der Waals surface area contributed by atoms with E-state index in [0.717, 1.165) is 24.5 Å². The highest BCUT2D eigenvalue weighted by atomic mass is 35.5. The lowest BCUT2D eigenvalue weighted by molar-refractivity contribution is -0.107. The number of aldehydes is 2. The molecule has 0 radical (unpaired) electrons. The Balaban J connectivity index is 0.000000310. The largest absolute Gasteiger partial charge is 0.313 e. The van der Waals surface area contributed by atoms with Crippen LogP contribution in [0.5, 0.6) is 0 Å². The molecular formula is C27H41ClN4O2. The number of aliphatic imine (C=N–C) groups is 1. The number of allylic oxidation sites excluding steroid dienone is 3. The van der Waals surface area contributed by atoms with Crippen molar-refractivity contribution in [2.75, 3.05) is 46.8 Å². The van der Waals surface area contributed by atoms with Gasteiger partial charge < -0.3 is 19.8 Å². The molecular weight excluding hydrogens is 448 g/mol. The van der Waals surface area contributed by atoms with Gasteiger partial charge in [-0.25, -0.2) is 0 Å². The third-order valence-electron chi connectivity index (χ3n) is 5.98. The second kappa shape index (κ2) is 18.2. The van der Waals surface area contributed by atoms with E-state index in [2.05, 4.69) is 64.1 Å². The summed E-state index contributed by atoms with van der Waals surface area (Å²) < 4.78 is 0. The summed E-state index contributed by atoms with van der Waals surface area (Å²) >= 11 is 5.65. The van der Waals surface area contributed by atoms with Gasteiger partial charge in [0.15, 0.2) is 0 Å². The van der Waals surface area contributed by atoms with E-state index in [1.165, 1.54) is 57.7 Å². The van der Waals surface area contributed by atoms with Crippen molar-refractivity contribution >= 4 is 30.4 Å². The van der Waals surface area contributed by atoms with Gasteiger partial charge in [0.2, 0.25) is 0 Å². The molecule has 1 unspecified atom stereocenters. The number of nitrogens with one attached hydrogen (secondary N) is 1. The fraction of sp³-hybridized carbons (Fsp3) is 0.519. The molecule has 3 rings (SSSR count). The van der Waals surface area contributed by atoms with Gasteiger partial charge in [-0.3, -0.25) is 9.89 Å². The van der Waals surface area contributed by atoms with E-state index < -0.39 is 0 Å². The molecule has 2 fully saturated rings. The summed E-state index contributed by atoms with van der Waals surface area (Å²) in [5, 5.41) is 3.16. The van der Waals surface area contributed by atoms with Crippen molar-refractivity contribution in [3.63, 3.8) is 0 Å². The average Bonchev–Trinajstić information content (AvgIpc) is 3.32. The second-order valence-electron chi connectivity index (χ2n) is 8.50. The van der Waals surface area contributed by atoms with Gasteiger partial charge >= 0.3 is 0 Å². The molecule has 0 aromatic heterocycles. The Kier molecular flexibility index (Phi) is 16.0. The summed E-state index contributed by atoms with van der Waals surface area (Å²) in [6.07, 6.45) is 8.97. The highest BCUT2D eigenvalue weighted by Crippen LogP contribution is 2.29. The number of rotatable bonds is 8. The quantitative estimate of drug-likeness (QED) is 0.336. The number of likely N-dealkylation sites (N-methyl/N-ethyl adjacent to an activating group) is 2. The lowest BCUT2D eigenvalue weighted by Gasteiger charge is -2.36. The molecule has 2 heterocycles. The molecule has 34 heavy (non-hydrogen) atoms. The zero-order valence-corrected chi connectivity index (χ0v) is 21.7. The van der Waals surface area contributed by atoms with Crippen molar-refractivity contribution < 1.29 is 9.59 Å². The highest BCUT2D eigenvalue weighted by molar-refractivity contribution is 6.31. The van der Waals surface area contributed by atoms with Crippen LogP contribution in [-0.2, 0) is 9.59 Å². The van der Waals surface area contributed by atoms with Crippen LogP contribution in [0.3, 0.4) is 0 Å². The Labute approximate surface area is 210 Å². The maximum Gasteiger partial charge on any atom is 0.133 e. The van der Waals surface area contributed by atoms with E-state index >= 15 is 0 Å². The molecule has 1 atom stereocenters. The molecule has 0 amide bonds. The summed E-state index contributed by atoms with van der Waals surface area (Å²) in [6, 6.07) is 11.9. The summed E-state index contributed by atoms with van der Waals surface area (Å²) in [5.74, 6) is 0.793. The van der Waals surface area contributed by atoms with E-state index in [0.29, 0.717) is 23.7 Å². The number of nitrogens with zero attached hydrogens (tertiary/aromatic N) is 3. The third-order valence-corrected chi connectivity index (χ3v) is 6.41. The number of hydrogen-bond acceptors (Lipinski definition) is 6. The molecule has 2 aliphatic heterocycles. The number of carbonyl (C=O) groups excluding carboxylic acids is 2. The lowest BCUT2D eigenvalue weighted by Crippen LogP contribution is -2.42. The van der Waals surface area contributed by atoms with Crippen LogP contribution in [0.1, 0.15) is 44.1 Å². The molecule has 1 aromatic carbocycles. The monoisotopic (exact) mass is 488 g/mol. The molecule has 0 aliphatic carbocycles. The normalized spacial score (nSPS) is 19.9. The van der Waals surface area contributed by atoms with E-state index in [-0.39, 0.29) is 0 Å². The van der Waals surface area contributed by atoms with Crippen molar-refractivity contribution in [2.24, 2.45) is 4.99 Å². The summed E-state index contributed by atoms with van der Waals surface area (Å²) in [7, 11) is 3.98. The van der Waals surface area contributed by atoms with Crippen molar-refractivity contribution in [2.45, 2.75) is 44.6 Å². The predicted octanol–water partition coefficient (Wildman–Crippen LogP) is 4.28. The zero-order valence-electron chi connectivity index (χ0n) is 21.0. The van der Waals surface area contributed by atoms with Gasteiger partial charge in [0.1, 0.15) is 12.6 Å². The summed E-state index contributed by atoms with van der Waals surface area (Å²) in [4.78, 5) is 28.3. The van der Waals surface area contributed by atoms with Crippen molar-refractivity contribution in [3.8, 4) is 0 Å². The molecule has 188 valence electrons. The predicted molar refractivity (Wildman–Crippen MR) is 144 cm³/mol. The van der Waals surface area contributed by atoms with Crippen LogP contribution >= 0.6 is 11.6 Å². The standard InChI is InChI=1S/C16H24N2.C8H10ClNO.C3H7NO/c1-17-10-9-16(13-17)18-11-7-15(8-12-18)14-5-3-2-4-6-14;1-3-8(9)7(2)10-5-4-6-11;1-4-2-3-5/h2-6,15-16H,7-13H2,1H3;3,5-6H,1,4H2,2H3;3-4H,2H2,1H3/b;8-7+,10-5?;. The van der Waals surface area contributed by atoms with Crippen LogP contribution in [0.15, 0.2) is 58.7 Å². The SMILES string of the molecule is C=C/C(Cl)=C(/C)N=CCC=O.CN1CCC(N2CCC(c3ccccc3)CC2)C1.CNCC=O. The number of carbonyl (C=O) groups is 2. The van der Waals surface area contributed by atoms with E-state index in [4.69, 9.17) is 11.6 Å². The maximum atomic E-state index is 9.87. The first-order valence-corrected chi connectivity index (χ1v) is 12.3. The van der Waals surface area contributed by atoms with Crippen molar-refractivity contribution in [1.29, 1.82) is 0 Å². The maximum absolute atomic E-state index is 9.87. The van der Waals surface area contributed by atoms with Crippen molar-refractivity contribution in [3.05, 3.63) is 59.3 Å².